The molecule has 0 aromatic heterocycles. The van der Waals surface area contributed by atoms with Gasteiger partial charge in [-0.3, -0.25) is 0 Å². The minimum Gasteiger partial charge on any atom is -0.0623 e. The molecular formula is C12H16. The molecule has 1 rings (SSSR count). The molecule has 0 aliphatic heterocycles. The molecule has 0 N–H and O–H groups in total. The zero-order valence-corrected chi connectivity index (χ0v) is 8.04. The fourth-order valence-corrected chi connectivity index (χ4v) is 1.07. The van der Waals surface area contributed by atoms with Gasteiger partial charge in [-0.1, -0.05) is 63.3 Å². The molecule has 0 saturated heterocycles. The average Bonchev–Trinajstić information content (AvgIpc) is 1.81. The third-order valence-corrected chi connectivity index (χ3v) is 1.86. The predicted molar refractivity (Wildman–Crippen MR) is 55.0 cm³/mol. The van der Waals surface area contributed by atoms with E-state index < -0.39 is 0 Å². The second-order valence-electron chi connectivity index (χ2n) is 4.00. The number of hydrogen-bond donors (Lipinski definition) is 0. The summed E-state index contributed by atoms with van der Waals surface area (Å²) in [6, 6.07) is 0. The molecule has 0 amide bonds. The zero-order valence-electron chi connectivity index (χ0n) is 8.04. The number of allylic oxidation sites excluding steroid dienone is 8. The van der Waals surface area contributed by atoms with Crippen molar-refractivity contribution in [3.63, 3.8) is 0 Å². The second-order valence-corrected chi connectivity index (χ2v) is 4.00. The first kappa shape index (κ1) is 9.05. The normalized spacial score (nSPS) is 17.1. The van der Waals surface area contributed by atoms with Gasteiger partial charge in [-0.05, 0) is 11.0 Å². The Hall–Kier alpha value is -1.04. The Kier molecular flexibility index (Phi) is 2.69. The van der Waals surface area contributed by atoms with E-state index in [1.807, 2.05) is 6.08 Å². The van der Waals surface area contributed by atoms with Crippen LogP contribution < -0.4 is 0 Å². The molecule has 0 aromatic carbocycles. The molecule has 1 aliphatic rings. The van der Waals surface area contributed by atoms with Crippen molar-refractivity contribution >= 4 is 0 Å². The Morgan fingerprint density at radius 2 is 1.42 bits per heavy atom. The van der Waals surface area contributed by atoms with Gasteiger partial charge in [0.2, 0.25) is 0 Å². The van der Waals surface area contributed by atoms with Gasteiger partial charge < -0.3 is 0 Å². The fraction of sp³-hybridized carbons (Fsp3) is 0.333. The molecule has 0 heterocycles. The van der Waals surface area contributed by atoms with Gasteiger partial charge in [0, 0.05) is 0 Å². The minimum absolute atomic E-state index is 0.242. The molecule has 64 valence electrons. The van der Waals surface area contributed by atoms with Crippen LogP contribution in [0, 0.1) is 5.41 Å². The first-order valence-electron chi connectivity index (χ1n) is 4.33. The van der Waals surface area contributed by atoms with Crippen LogP contribution in [0.15, 0.2) is 48.1 Å². The Morgan fingerprint density at radius 3 is 2.08 bits per heavy atom. The van der Waals surface area contributed by atoms with Gasteiger partial charge in [0.15, 0.2) is 0 Å². The summed E-state index contributed by atoms with van der Waals surface area (Å²) in [5.74, 6) is 0. The molecule has 0 atom stereocenters. The summed E-state index contributed by atoms with van der Waals surface area (Å²) in [6.07, 6.45) is 14.6. The third-order valence-electron chi connectivity index (χ3n) is 1.86. The summed E-state index contributed by atoms with van der Waals surface area (Å²) in [5, 5.41) is 0. The van der Waals surface area contributed by atoms with Crippen molar-refractivity contribution < 1.29 is 0 Å². The SMILES string of the molecule is CC(C)(C)C1=CC=CC=CC=C1. The highest BCUT2D eigenvalue weighted by molar-refractivity contribution is 5.34. The van der Waals surface area contributed by atoms with E-state index in [0.29, 0.717) is 0 Å². The second kappa shape index (κ2) is 3.57. The standard InChI is InChI=1S/C12H16/c1-12(2,3)11-9-7-5-4-6-8-10-11/h4-10H,1-3H3. The fourth-order valence-electron chi connectivity index (χ4n) is 1.07. The third kappa shape index (κ3) is 2.54. The highest BCUT2D eigenvalue weighted by Gasteiger charge is 2.13. The van der Waals surface area contributed by atoms with Crippen LogP contribution >= 0.6 is 0 Å². The van der Waals surface area contributed by atoms with E-state index in [-0.39, 0.29) is 5.41 Å². The van der Waals surface area contributed by atoms with Crippen LogP contribution in [0.4, 0.5) is 0 Å². The topological polar surface area (TPSA) is 0 Å². The molecule has 0 radical (unpaired) electrons. The van der Waals surface area contributed by atoms with Crippen LogP contribution in [-0.2, 0) is 0 Å². The molecule has 12 heavy (non-hydrogen) atoms. The van der Waals surface area contributed by atoms with Crippen molar-refractivity contribution in [2.45, 2.75) is 20.8 Å². The molecule has 1 aliphatic carbocycles. The van der Waals surface area contributed by atoms with Gasteiger partial charge in [-0.25, -0.2) is 0 Å². The van der Waals surface area contributed by atoms with Crippen molar-refractivity contribution in [2.24, 2.45) is 5.41 Å². The van der Waals surface area contributed by atoms with E-state index in [1.165, 1.54) is 5.57 Å². The number of rotatable bonds is 0. The van der Waals surface area contributed by atoms with E-state index in [1.54, 1.807) is 0 Å². The van der Waals surface area contributed by atoms with E-state index in [4.69, 9.17) is 0 Å². The molecule has 0 saturated carbocycles. The van der Waals surface area contributed by atoms with Gasteiger partial charge in [0.1, 0.15) is 0 Å². The lowest BCUT2D eigenvalue weighted by molar-refractivity contribution is 0.517. The van der Waals surface area contributed by atoms with E-state index in [9.17, 15) is 0 Å². The Balaban J connectivity index is 2.90. The largest absolute Gasteiger partial charge is 0.0623 e. The molecule has 0 nitrogen and oxygen atoms in total. The molecular weight excluding hydrogens is 144 g/mol. The van der Waals surface area contributed by atoms with Gasteiger partial charge >= 0.3 is 0 Å². The van der Waals surface area contributed by atoms with Crippen LogP contribution in [-0.4, -0.2) is 0 Å². The van der Waals surface area contributed by atoms with Gasteiger partial charge in [-0.15, -0.1) is 0 Å². The van der Waals surface area contributed by atoms with E-state index >= 15 is 0 Å². The lowest BCUT2D eigenvalue weighted by atomic mass is 9.85. The average molecular weight is 160 g/mol. The van der Waals surface area contributed by atoms with Gasteiger partial charge in [0.05, 0.1) is 0 Å². The van der Waals surface area contributed by atoms with Crippen LogP contribution in [0.25, 0.3) is 0 Å². The predicted octanol–water partition coefficient (Wildman–Crippen LogP) is 3.64. The molecule has 0 heteroatoms. The summed E-state index contributed by atoms with van der Waals surface area (Å²) >= 11 is 0. The summed E-state index contributed by atoms with van der Waals surface area (Å²) in [4.78, 5) is 0. The molecule has 0 bridgehead atoms. The van der Waals surface area contributed by atoms with Crippen LogP contribution in [0.2, 0.25) is 0 Å². The zero-order chi connectivity index (χ0) is 9.03. The summed E-state index contributed by atoms with van der Waals surface area (Å²) in [6.45, 7) is 6.67. The van der Waals surface area contributed by atoms with E-state index in [0.717, 1.165) is 0 Å². The molecule has 0 unspecified atom stereocenters. The maximum absolute atomic E-state index is 2.22. The van der Waals surface area contributed by atoms with Gasteiger partial charge in [-0.2, -0.15) is 0 Å². The lowest BCUT2D eigenvalue weighted by Gasteiger charge is -2.19. The molecule has 0 aromatic rings. The smallest absolute Gasteiger partial charge is 0.0132 e. The number of hydrogen-bond acceptors (Lipinski definition) is 0. The Morgan fingerprint density at radius 1 is 0.833 bits per heavy atom. The molecule has 0 fully saturated rings. The molecule has 0 spiro atoms. The lowest BCUT2D eigenvalue weighted by Crippen LogP contribution is -2.07. The summed E-state index contributed by atoms with van der Waals surface area (Å²) in [7, 11) is 0. The first-order valence-corrected chi connectivity index (χ1v) is 4.33. The monoisotopic (exact) mass is 160 g/mol. The van der Waals surface area contributed by atoms with Crippen molar-refractivity contribution in [2.75, 3.05) is 0 Å². The highest BCUT2D eigenvalue weighted by atomic mass is 14.2. The van der Waals surface area contributed by atoms with Crippen LogP contribution in [0.3, 0.4) is 0 Å². The summed E-state index contributed by atoms with van der Waals surface area (Å²) < 4.78 is 0. The van der Waals surface area contributed by atoms with Crippen molar-refractivity contribution in [3.05, 3.63) is 48.1 Å². The first-order chi connectivity index (χ1) is 5.61. The van der Waals surface area contributed by atoms with Crippen molar-refractivity contribution in [1.82, 2.24) is 0 Å². The van der Waals surface area contributed by atoms with Gasteiger partial charge in [0.25, 0.3) is 0 Å². The maximum Gasteiger partial charge on any atom is -0.0132 e. The van der Waals surface area contributed by atoms with Crippen molar-refractivity contribution in [1.29, 1.82) is 0 Å². The van der Waals surface area contributed by atoms with Crippen LogP contribution in [0.1, 0.15) is 20.8 Å². The van der Waals surface area contributed by atoms with Crippen LogP contribution in [0.5, 0.6) is 0 Å². The minimum atomic E-state index is 0.242. The Labute approximate surface area is 75.0 Å². The highest BCUT2D eigenvalue weighted by Crippen LogP contribution is 2.26. The summed E-state index contributed by atoms with van der Waals surface area (Å²) in [5.41, 5.74) is 1.61. The quantitative estimate of drug-likeness (QED) is 0.507. The Bertz CT molecular complexity index is 254. The van der Waals surface area contributed by atoms with Crippen molar-refractivity contribution in [3.8, 4) is 0 Å². The maximum atomic E-state index is 2.22. The van der Waals surface area contributed by atoms with E-state index in [2.05, 4.69) is 57.2 Å².